The summed E-state index contributed by atoms with van der Waals surface area (Å²) in [5.74, 6) is 1.86. The number of Topliss-reactive ketones (excluding diaryl/α,β-unsaturated/α-hetero) is 2. The average molecular weight is 544 g/mol. The fourth-order valence-electron chi connectivity index (χ4n) is 6.94. The van der Waals surface area contributed by atoms with Gasteiger partial charge in [-0.1, -0.05) is 20.3 Å². The van der Waals surface area contributed by atoms with Gasteiger partial charge >= 0.3 is 0 Å². The van der Waals surface area contributed by atoms with Crippen molar-refractivity contribution in [3.63, 3.8) is 0 Å². The summed E-state index contributed by atoms with van der Waals surface area (Å²) in [6, 6.07) is 6.94. The van der Waals surface area contributed by atoms with E-state index in [2.05, 4.69) is 28.9 Å². The Morgan fingerprint density at radius 1 is 1.12 bits per heavy atom. The van der Waals surface area contributed by atoms with Crippen molar-refractivity contribution in [1.29, 1.82) is 0 Å². The van der Waals surface area contributed by atoms with Crippen molar-refractivity contribution in [2.24, 2.45) is 17.3 Å². The molecule has 3 fully saturated rings. The molecule has 0 radical (unpaired) electrons. The lowest BCUT2D eigenvalue weighted by atomic mass is 9.70. The van der Waals surface area contributed by atoms with Crippen LogP contribution in [-0.4, -0.2) is 54.2 Å². The van der Waals surface area contributed by atoms with Crippen LogP contribution in [0.25, 0.3) is 10.9 Å². The van der Waals surface area contributed by atoms with E-state index in [9.17, 15) is 14.4 Å². The Kier molecular flexibility index (Phi) is 6.92. The summed E-state index contributed by atoms with van der Waals surface area (Å²) in [5.41, 5.74) is 1.26. The quantitative estimate of drug-likeness (QED) is 0.358. The van der Waals surface area contributed by atoms with Crippen molar-refractivity contribution >= 4 is 28.4 Å². The first kappa shape index (κ1) is 26.6. The summed E-state index contributed by atoms with van der Waals surface area (Å²) in [5, 5.41) is 5.16. The minimum absolute atomic E-state index is 0.00863. The number of piperidine rings is 1. The third kappa shape index (κ3) is 5.38. The SMILES string of the molecule is CC(=O)c1nn(CC(=O)N2[C@@H]3C[C@@H]3C[C@H]2C(=O)C[C@@H]2CCCC(C)(C)C2)c2ccc(OCc3ncccn3)cc12. The number of carbonyl (C=O) groups is 3. The maximum atomic E-state index is 13.7. The maximum absolute atomic E-state index is 13.7. The van der Waals surface area contributed by atoms with Crippen molar-refractivity contribution in [3.05, 3.63) is 48.2 Å². The number of fused-ring (bicyclic) bond motifs is 2. The Morgan fingerprint density at radius 2 is 1.93 bits per heavy atom. The molecule has 1 aliphatic heterocycles. The normalized spacial score (nSPS) is 25.0. The molecular weight excluding hydrogens is 506 g/mol. The summed E-state index contributed by atoms with van der Waals surface area (Å²) >= 11 is 0. The summed E-state index contributed by atoms with van der Waals surface area (Å²) < 4.78 is 7.45. The molecule has 0 bridgehead atoms. The molecule has 0 unspecified atom stereocenters. The molecule has 4 atom stereocenters. The Labute approximate surface area is 234 Å². The molecule has 3 aromatic rings. The van der Waals surface area contributed by atoms with Gasteiger partial charge in [-0.15, -0.1) is 0 Å². The van der Waals surface area contributed by atoms with Gasteiger partial charge in [0.15, 0.2) is 17.4 Å². The number of benzene rings is 1. The maximum Gasteiger partial charge on any atom is 0.245 e. The smallest absolute Gasteiger partial charge is 0.245 e. The highest BCUT2D eigenvalue weighted by atomic mass is 16.5. The largest absolute Gasteiger partial charge is 0.486 e. The van der Waals surface area contributed by atoms with Crippen LogP contribution in [0.3, 0.4) is 0 Å². The average Bonchev–Trinajstić information content (AvgIpc) is 3.43. The van der Waals surface area contributed by atoms with Crippen LogP contribution in [0.2, 0.25) is 0 Å². The molecule has 0 spiro atoms. The molecule has 6 rings (SSSR count). The summed E-state index contributed by atoms with van der Waals surface area (Å²) in [6.07, 6.45) is 10.2. The van der Waals surface area contributed by atoms with Crippen molar-refractivity contribution in [2.45, 2.75) is 91.0 Å². The minimum atomic E-state index is -0.337. The first-order valence-corrected chi connectivity index (χ1v) is 14.4. The Morgan fingerprint density at radius 3 is 2.67 bits per heavy atom. The summed E-state index contributed by atoms with van der Waals surface area (Å²) in [6.45, 7) is 6.24. The van der Waals surface area contributed by atoms with E-state index in [0.717, 1.165) is 25.7 Å². The van der Waals surface area contributed by atoms with Gasteiger partial charge in [0.25, 0.3) is 0 Å². The van der Waals surface area contributed by atoms with E-state index in [-0.39, 0.29) is 48.1 Å². The van der Waals surface area contributed by atoms with Crippen LogP contribution in [0.4, 0.5) is 0 Å². The molecule has 9 heteroatoms. The molecular formula is C31H37N5O4. The lowest BCUT2D eigenvalue weighted by molar-refractivity contribution is -0.140. The lowest BCUT2D eigenvalue weighted by Crippen LogP contribution is -2.45. The first-order chi connectivity index (χ1) is 19.2. The third-order valence-corrected chi connectivity index (χ3v) is 8.89. The van der Waals surface area contributed by atoms with Crippen molar-refractivity contribution in [2.75, 3.05) is 0 Å². The van der Waals surface area contributed by atoms with E-state index in [1.165, 1.54) is 19.8 Å². The molecule has 1 saturated heterocycles. The zero-order valence-corrected chi connectivity index (χ0v) is 23.5. The van der Waals surface area contributed by atoms with Crippen LogP contribution in [0.1, 0.15) is 82.0 Å². The van der Waals surface area contributed by atoms with Crippen LogP contribution < -0.4 is 4.74 Å². The number of carbonyl (C=O) groups excluding carboxylic acids is 3. The number of ketones is 2. The number of hydrogen-bond acceptors (Lipinski definition) is 7. The van der Waals surface area contributed by atoms with Crippen LogP contribution in [0.15, 0.2) is 36.7 Å². The summed E-state index contributed by atoms with van der Waals surface area (Å²) in [4.78, 5) is 49.8. The second-order valence-corrected chi connectivity index (χ2v) is 12.6. The van der Waals surface area contributed by atoms with Crippen molar-refractivity contribution < 1.29 is 19.1 Å². The Bertz CT molecular complexity index is 1450. The predicted molar refractivity (Wildman–Crippen MR) is 149 cm³/mol. The first-order valence-electron chi connectivity index (χ1n) is 14.4. The number of rotatable bonds is 9. The molecule has 9 nitrogen and oxygen atoms in total. The van der Waals surface area contributed by atoms with Gasteiger partial charge < -0.3 is 9.64 Å². The molecule has 3 heterocycles. The molecule has 1 aromatic carbocycles. The third-order valence-electron chi connectivity index (χ3n) is 8.89. The van der Waals surface area contributed by atoms with Gasteiger partial charge in [-0.3, -0.25) is 19.1 Å². The predicted octanol–water partition coefficient (Wildman–Crippen LogP) is 4.77. The van der Waals surface area contributed by atoms with Crippen LogP contribution >= 0.6 is 0 Å². The van der Waals surface area contributed by atoms with Gasteiger partial charge in [0.2, 0.25) is 5.91 Å². The van der Waals surface area contributed by atoms with E-state index in [0.29, 0.717) is 46.4 Å². The summed E-state index contributed by atoms with van der Waals surface area (Å²) in [7, 11) is 0. The monoisotopic (exact) mass is 543 g/mol. The second-order valence-electron chi connectivity index (χ2n) is 12.6. The number of amides is 1. The zero-order chi connectivity index (χ0) is 28.0. The van der Waals surface area contributed by atoms with E-state index < -0.39 is 0 Å². The van der Waals surface area contributed by atoms with E-state index in [4.69, 9.17) is 4.74 Å². The molecule has 2 aromatic heterocycles. The second kappa shape index (κ2) is 10.4. The number of hydrogen-bond donors (Lipinski definition) is 0. The van der Waals surface area contributed by atoms with Crippen molar-refractivity contribution in [1.82, 2.24) is 24.6 Å². The Hall–Kier alpha value is -3.62. The van der Waals surface area contributed by atoms with E-state index in [1.54, 1.807) is 35.3 Å². The van der Waals surface area contributed by atoms with Crippen LogP contribution in [0, 0.1) is 17.3 Å². The zero-order valence-electron chi connectivity index (χ0n) is 23.5. The van der Waals surface area contributed by atoms with Crippen molar-refractivity contribution in [3.8, 4) is 5.75 Å². The number of ether oxygens (including phenoxy) is 1. The fraction of sp³-hybridized carbons (Fsp3) is 0.548. The van der Waals surface area contributed by atoms with Gasteiger partial charge in [-0.25, -0.2) is 9.97 Å². The topological polar surface area (TPSA) is 107 Å². The molecule has 3 aliphatic rings. The number of nitrogens with zero attached hydrogens (tertiary/aromatic N) is 5. The Balaban J connectivity index is 1.18. The van der Waals surface area contributed by atoms with Gasteiger partial charge in [-0.05, 0) is 73.6 Å². The highest BCUT2D eigenvalue weighted by molar-refractivity contribution is 6.05. The molecule has 40 heavy (non-hydrogen) atoms. The molecule has 1 amide bonds. The van der Waals surface area contributed by atoms with Gasteiger partial charge in [0, 0.05) is 37.2 Å². The van der Waals surface area contributed by atoms with Crippen LogP contribution in [-0.2, 0) is 22.7 Å². The van der Waals surface area contributed by atoms with E-state index >= 15 is 0 Å². The highest BCUT2D eigenvalue weighted by Gasteiger charge is 2.55. The standard InChI is InChI=1S/C31H37N5O4/c1-19(37)30-23-15-22(40-18-28-32-10-5-11-33-28)7-8-24(23)35(34-30)17-29(39)36-25-13-21(25)14-26(36)27(38)12-20-6-4-9-31(2,3)16-20/h5,7-8,10-11,15,20-21,25-26H,4,6,9,12-14,16-18H2,1-3H3/t20-,21+,25+,26-/m0/s1. The highest BCUT2D eigenvalue weighted by Crippen LogP contribution is 2.49. The number of likely N-dealkylation sites (tertiary alicyclic amines) is 1. The minimum Gasteiger partial charge on any atom is -0.486 e. The van der Waals surface area contributed by atoms with Gasteiger partial charge in [0.1, 0.15) is 24.6 Å². The molecule has 2 saturated carbocycles. The number of aromatic nitrogens is 4. The van der Waals surface area contributed by atoms with E-state index in [1.807, 2.05) is 11.0 Å². The molecule has 0 N–H and O–H groups in total. The van der Waals surface area contributed by atoms with Crippen LogP contribution in [0.5, 0.6) is 5.75 Å². The molecule has 210 valence electrons. The van der Waals surface area contributed by atoms with Gasteiger partial charge in [0.05, 0.1) is 11.6 Å². The lowest BCUT2D eigenvalue weighted by Gasteiger charge is -2.36. The van der Waals surface area contributed by atoms with Gasteiger partial charge in [-0.2, -0.15) is 5.10 Å². The fourth-order valence-corrected chi connectivity index (χ4v) is 6.94. The molecule has 2 aliphatic carbocycles.